The molecule has 68 valence electrons. The minimum Gasteiger partial charge on any atom is -0.399 e. The van der Waals surface area contributed by atoms with Crippen LogP contribution >= 0.6 is 0 Å². The third kappa shape index (κ3) is 2.75. The molecule has 0 unspecified atom stereocenters. The van der Waals surface area contributed by atoms with Crippen molar-refractivity contribution in [2.75, 3.05) is 5.73 Å². The molecular weight excluding hydrogens is 162 g/mol. The summed E-state index contributed by atoms with van der Waals surface area (Å²) in [6.07, 6.45) is 1.62. The summed E-state index contributed by atoms with van der Waals surface area (Å²) in [5.74, 6) is 0.0278. The first-order chi connectivity index (χ1) is 6.09. The first-order valence-electron chi connectivity index (χ1n) is 4.14. The number of benzene rings is 1. The van der Waals surface area contributed by atoms with Gasteiger partial charge in [0.2, 0.25) is 0 Å². The molecule has 1 rings (SSSR count). The van der Waals surface area contributed by atoms with E-state index in [1.165, 1.54) is 0 Å². The third-order valence-corrected chi connectivity index (χ3v) is 1.61. The van der Waals surface area contributed by atoms with Crippen LogP contribution in [0, 0.1) is 0 Å². The molecule has 0 saturated heterocycles. The van der Waals surface area contributed by atoms with Crippen molar-refractivity contribution >= 4 is 11.5 Å². The van der Waals surface area contributed by atoms with Gasteiger partial charge >= 0.3 is 0 Å². The van der Waals surface area contributed by atoms with Crippen LogP contribution in [0.25, 0.3) is 0 Å². The average molecular weight is 175 g/mol. The highest BCUT2D eigenvalue weighted by molar-refractivity contribution is 6.04. The largest absolute Gasteiger partial charge is 0.399 e. The average Bonchev–Trinajstić information content (AvgIpc) is 2.04. The van der Waals surface area contributed by atoms with Crippen molar-refractivity contribution in [3.8, 4) is 0 Å². The number of anilines is 1. The van der Waals surface area contributed by atoms with Gasteiger partial charge in [-0.2, -0.15) is 0 Å². The summed E-state index contributed by atoms with van der Waals surface area (Å²) in [6.45, 7) is 3.80. The molecule has 2 heteroatoms. The predicted molar refractivity (Wildman–Crippen MR) is 54.6 cm³/mol. The molecule has 1 aromatic carbocycles. The van der Waals surface area contributed by atoms with Gasteiger partial charge in [-0.05, 0) is 44.2 Å². The molecule has 0 aromatic heterocycles. The predicted octanol–water partition coefficient (Wildman–Crippen LogP) is 2.42. The Morgan fingerprint density at radius 3 is 2.23 bits per heavy atom. The normalized spacial score (nSPS) is 9.38. The topological polar surface area (TPSA) is 43.1 Å². The van der Waals surface area contributed by atoms with Crippen molar-refractivity contribution in [1.82, 2.24) is 0 Å². The molecule has 0 aliphatic carbocycles. The van der Waals surface area contributed by atoms with Crippen LogP contribution in [-0.4, -0.2) is 5.78 Å². The fraction of sp³-hybridized carbons (Fsp3) is 0.182. The second kappa shape index (κ2) is 3.90. The van der Waals surface area contributed by atoms with E-state index in [0.717, 1.165) is 5.57 Å². The molecule has 0 fully saturated rings. The molecule has 0 bridgehead atoms. The second-order valence-electron chi connectivity index (χ2n) is 3.21. The van der Waals surface area contributed by atoms with E-state index in [0.29, 0.717) is 11.3 Å². The van der Waals surface area contributed by atoms with Crippen molar-refractivity contribution in [3.63, 3.8) is 0 Å². The van der Waals surface area contributed by atoms with Crippen molar-refractivity contribution in [1.29, 1.82) is 0 Å². The third-order valence-electron chi connectivity index (χ3n) is 1.61. The maximum absolute atomic E-state index is 11.4. The summed E-state index contributed by atoms with van der Waals surface area (Å²) in [4.78, 5) is 11.4. The van der Waals surface area contributed by atoms with E-state index in [4.69, 9.17) is 5.73 Å². The summed E-state index contributed by atoms with van der Waals surface area (Å²) >= 11 is 0. The Balaban J connectivity index is 2.90. The summed E-state index contributed by atoms with van der Waals surface area (Å²) in [5, 5.41) is 0. The Kier molecular flexibility index (Phi) is 2.85. The van der Waals surface area contributed by atoms with Crippen LogP contribution in [0.5, 0.6) is 0 Å². The Bertz CT molecular complexity index is 332. The molecule has 13 heavy (non-hydrogen) atoms. The molecule has 0 heterocycles. The van der Waals surface area contributed by atoms with Gasteiger partial charge in [0.25, 0.3) is 0 Å². The number of nitrogen functional groups attached to an aromatic ring is 1. The molecule has 0 aliphatic heterocycles. The molecular formula is C11H13NO. The highest BCUT2D eigenvalue weighted by Gasteiger charge is 2.00. The van der Waals surface area contributed by atoms with Crippen molar-refractivity contribution in [2.24, 2.45) is 0 Å². The van der Waals surface area contributed by atoms with Crippen LogP contribution in [0.15, 0.2) is 35.9 Å². The number of carbonyl (C=O) groups is 1. The zero-order valence-electron chi connectivity index (χ0n) is 7.87. The molecule has 0 spiro atoms. The summed E-state index contributed by atoms with van der Waals surface area (Å²) in [5.41, 5.74) is 7.85. The standard InChI is InChI=1S/C11H13NO/c1-8(2)7-11(13)9-3-5-10(12)6-4-9/h3-7H,12H2,1-2H3. The van der Waals surface area contributed by atoms with Gasteiger partial charge in [0.1, 0.15) is 0 Å². The number of allylic oxidation sites excluding steroid dienone is 2. The van der Waals surface area contributed by atoms with Gasteiger partial charge in [-0.15, -0.1) is 0 Å². The Hall–Kier alpha value is -1.57. The van der Waals surface area contributed by atoms with Gasteiger partial charge in [0, 0.05) is 11.3 Å². The smallest absolute Gasteiger partial charge is 0.185 e. The highest BCUT2D eigenvalue weighted by atomic mass is 16.1. The Morgan fingerprint density at radius 2 is 1.77 bits per heavy atom. The van der Waals surface area contributed by atoms with Gasteiger partial charge in [-0.3, -0.25) is 4.79 Å². The zero-order chi connectivity index (χ0) is 9.84. The quantitative estimate of drug-likeness (QED) is 0.426. The van der Waals surface area contributed by atoms with E-state index in [9.17, 15) is 4.79 Å². The molecule has 0 amide bonds. The fourth-order valence-electron chi connectivity index (χ4n) is 0.993. The van der Waals surface area contributed by atoms with E-state index in [2.05, 4.69) is 0 Å². The summed E-state index contributed by atoms with van der Waals surface area (Å²) < 4.78 is 0. The van der Waals surface area contributed by atoms with Crippen LogP contribution in [0.2, 0.25) is 0 Å². The van der Waals surface area contributed by atoms with E-state index >= 15 is 0 Å². The summed E-state index contributed by atoms with van der Waals surface area (Å²) in [6, 6.07) is 6.92. The van der Waals surface area contributed by atoms with Crippen molar-refractivity contribution < 1.29 is 4.79 Å². The number of carbonyl (C=O) groups excluding carboxylic acids is 1. The molecule has 2 nitrogen and oxygen atoms in total. The lowest BCUT2D eigenvalue weighted by Crippen LogP contribution is -1.95. The van der Waals surface area contributed by atoms with Crippen LogP contribution in [0.3, 0.4) is 0 Å². The molecule has 0 atom stereocenters. The Morgan fingerprint density at radius 1 is 1.23 bits per heavy atom. The first-order valence-corrected chi connectivity index (χ1v) is 4.14. The molecule has 0 radical (unpaired) electrons. The highest BCUT2D eigenvalue weighted by Crippen LogP contribution is 2.07. The first kappa shape index (κ1) is 9.52. The molecule has 0 aliphatic rings. The minimum absolute atomic E-state index is 0.0278. The van der Waals surface area contributed by atoms with E-state index in [1.807, 2.05) is 13.8 Å². The van der Waals surface area contributed by atoms with Crippen molar-refractivity contribution in [3.05, 3.63) is 41.5 Å². The number of hydrogen-bond acceptors (Lipinski definition) is 2. The maximum atomic E-state index is 11.4. The van der Waals surface area contributed by atoms with Crippen molar-refractivity contribution in [2.45, 2.75) is 13.8 Å². The van der Waals surface area contributed by atoms with Crippen LogP contribution in [0.4, 0.5) is 5.69 Å². The van der Waals surface area contributed by atoms with Gasteiger partial charge in [0.05, 0.1) is 0 Å². The van der Waals surface area contributed by atoms with Gasteiger partial charge < -0.3 is 5.73 Å². The fourth-order valence-corrected chi connectivity index (χ4v) is 0.993. The van der Waals surface area contributed by atoms with E-state index in [-0.39, 0.29) is 5.78 Å². The van der Waals surface area contributed by atoms with E-state index in [1.54, 1.807) is 30.3 Å². The van der Waals surface area contributed by atoms with Gasteiger partial charge in [0.15, 0.2) is 5.78 Å². The van der Waals surface area contributed by atoms with Gasteiger partial charge in [-0.25, -0.2) is 0 Å². The summed E-state index contributed by atoms with van der Waals surface area (Å²) in [7, 11) is 0. The lowest BCUT2D eigenvalue weighted by molar-refractivity contribution is 0.104. The van der Waals surface area contributed by atoms with E-state index < -0.39 is 0 Å². The number of nitrogens with two attached hydrogens (primary N) is 1. The Labute approximate surface area is 78.1 Å². The second-order valence-corrected chi connectivity index (χ2v) is 3.21. The zero-order valence-corrected chi connectivity index (χ0v) is 7.87. The number of rotatable bonds is 2. The molecule has 2 N–H and O–H groups in total. The van der Waals surface area contributed by atoms with Crippen LogP contribution in [0.1, 0.15) is 24.2 Å². The lowest BCUT2D eigenvalue weighted by Gasteiger charge is -1.97. The van der Waals surface area contributed by atoms with Crippen LogP contribution in [-0.2, 0) is 0 Å². The number of ketones is 1. The molecule has 0 saturated carbocycles. The lowest BCUT2D eigenvalue weighted by atomic mass is 10.1. The number of hydrogen-bond donors (Lipinski definition) is 1. The maximum Gasteiger partial charge on any atom is 0.185 e. The SMILES string of the molecule is CC(C)=CC(=O)c1ccc(N)cc1. The van der Waals surface area contributed by atoms with Crippen LogP contribution < -0.4 is 5.73 Å². The monoisotopic (exact) mass is 175 g/mol. The molecule has 1 aromatic rings. The minimum atomic E-state index is 0.0278. The van der Waals surface area contributed by atoms with Gasteiger partial charge in [-0.1, -0.05) is 5.57 Å².